The van der Waals surface area contributed by atoms with Crippen LogP contribution in [-0.2, 0) is 26.3 Å². The van der Waals surface area contributed by atoms with Crippen LogP contribution in [0.25, 0.3) is 0 Å². The number of hydrogen-bond donors (Lipinski definition) is 2. The van der Waals surface area contributed by atoms with Crippen LogP contribution in [0.3, 0.4) is 0 Å². The fourth-order valence-electron chi connectivity index (χ4n) is 3.21. The maximum absolute atomic E-state index is 6.12. The van der Waals surface area contributed by atoms with Crippen molar-refractivity contribution in [3.8, 4) is 0 Å². The minimum absolute atomic E-state index is 0. The van der Waals surface area contributed by atoms with Gasteiger partial charge in [-0.15, -0.1) is 24.0 Å². The summed E-state index contributed by atoms with van der Waals surface area (Å²) in [5, 5.41) is 7.78. The number of benzene rings is 1. The number of aromatic nitrogens is 2. The van der Waals surface area contributed by atoms with Gasteiger partial charge in [0.15, 0.2) is 5.96 Å². The van der Waals surface area contributed by atoms with Crippen molar-refractivity contribution in [1.29, 1.82) is 0 Å². The SMILES string of the molecule is CCc1cccc(CC)c1NC(N)=NCCCc1c(C)nn(C)c1C.I. The van der Waals surface area contributed by atoms with E-state index in [9.17, 15) is 0 Å². The van der Waals surface area contributed by atoms with Crippen molar-refractivity contribution in [2.24, 2.45) is 17.8 Å². The Morgan fingerprint density at radius 3 is 2.31 bits per heavy atom. The van der Waals surface area contributed by atoms with Gasteiger partial charge in [-0.3, -0.25) is 9.67 Å². The summed E-state index contributed by atoms with van der Waals surface area (Å²) in [6, 6.07) is 6.39. The van der Waals surface area contributed by atoms with Crippen LogP contribution in [0.5, 0.6) is 0 Å². The highest BCUT2D eigenvalue weighted by Gasteiger charge is 2.09. The first-order valence-electron chi connectivity index (χ1n) is 9.14. The molecule has 3 N–H and O–H groups in total. The van der Waals surface area contributed by atoms with E-state index >= 15 is 0 Å². The predicted octanol–water partition coefficient (Wildman–Crippen LogP) is 4.14. The Morgan fingerprint density at radius 2 is 1.81 bits per heavy atom. The van der Waals surface area contributed by atoms with Crippen LogP contribution in [-0.4, -0.2) is 22.3 Å². The van der Waals surface area contributed by atoms with Crippen molar-refractivity contribution in [2.45, 2.75) is 53.4 Å². The second kappa shape index (κ2) is 10.5. The number of aliphatic imine (C=N–C) groups is 1. The molecule has 6 heteroatoms. The molecule has 1 aromatic carbocycles. The molecule has 0 aliphatic carbocycles. The summed E-state index contributed by atoms with van der Waals surface area (Å²) in [5.74, 6) is 0.496. The lowest BCUT2D eigenvalue weighted by atomic mass is 10.0. The average molecular weight is 469 g/mol. The largest absolute Gasteiger partial charge is 0.370 e. The molecule has 0 spiro atoms. The number of nitrogens with two attached hydrogens (primary N) is 1. The van der Waals surface area contributed by atoms with Crippen molar-refractivity contribution in [3.63, 3.8) is 0 Å². The fourth-order valence-corrected chi connectivity index (χ4v) is 3.21. The van der Waals surface area contributed by atoms with E-state index in [1.807, 2.05) is 11.7 Å². The van der Waals surface area contributed by atoms with Crippen LogP contribution in [0, 0.1) is 13.8 Å². The van der Waals surface area contributed by atoms with Crippen LogP contribution in [0.2, 0.25) is 0 Å². The molecule has 0 radical (unpaired) electrons. The Labute approximate surface area is 174 Å². The van der Waals surface area contributed by atoms with Gasteiger partial charge < -0.3 is 11.1 Å². The van der Waals surface area contributed by atoms with E-state index in [0.29, 0.717) is 12.5 Å². The molecule has 5 nitrogen and oxygen atoms in total. The maximum Gasteiger partial charge on any atom is 0.193 e. The molecule has 1 heterocycles. The minimum Gasteiger partial charge on any atom is -0.370 e. The first-order chi connectivity index (χ1) is 12.0. The molecule has 2 rings (SSSR count). The molecule has 0 unspecified atom stereocenters. The zero-order valence-electron chi connectivity index (χ0n) is 16.6. The molecule has 0 saturated heterocycles. The second-order valence-electron chi connectivity index (χ2n) is 6.43. The van der Waals surface area contributed by atoms with Gasteiger partial charge in [-0.1, -0.05) is 32.0 Å². The van der Waals surface area contributed by atoms with Crippen molar-refractivity contribution >= 4 is 35.6 Å². The number of halogens is 1. The number of aryl methyl sites for hydroxylation is 4. The Balaban J connectivity index is 0.00000338. The summed E-state index contributed by atoms with van der Waals surface area (Å²) in [6.45, 7) is 9.21. The Morgan fingerprint density at radius 1 is 1.19 bits per heavy atom. The highest BCUT2D eigenvalue weighted by molar-refractivity contribution is 14.0. The van der Waals surface area contributed by atoms with Crippen LogP contribution < -0.4 is 11.1 Å². The summed E-state index contributed by atoms with van der Waals surface area (Å²) in [7, 11) is 1.99. The van der Waals surface area contributed by atoms with Crippen LogP contribution in [0.4, 0.5) is 5.69 Å². The fraction of sp³-hybridized carbons (Fsp3) is 0.500. The summed E-state index contributed by atoms with van der Waals surface area (Å²) in [4.78, 5) is 4.51. The highest BCUT2D eigenvalue weighted by atomic mass is 127. The van der Waals surface area contributed by atoms with Gasteiger partial charge in [0.2, 0.25) is 0 Å². The molecule has 0 aliphatic heterocycles. The van der Waals surface area contributed by atoms with E-state index in [4.69, 9.17) is 5.73 Å². The van der Waals surface area contributed by atoms with Crippen molar-refractivity contribution in [3.05, 3.63) is 46.3 Å². The monoisotopic (exact) mass is 469 g/mol. The normalized spacial score (nSPS) is 11.3. The molecule has 144 valence electrons. The van der Waals surface area contributed by atoms with Crippen LogP contribution in [0.1, 0.15) is 48.3 Å². The van der Waals surface area contributed by atoms with Gasteiger partial charge in [0, 0.05) is 25.0 Å². The third kappa shape index (κ3) is 5.46. The number of hydrogen-bond acceptors (Lipinski definition) is 2. The average Bonchev–Trinajstić information content (AvgIpc) is 2.84. The van der Waals surface area contributed by atoms with E-state index in [0.717, 1.165) is 37.1 Å². The topological polar surface area (TPSA) is 68.2 Å². The van der Waals surface area contributed by atoms with Gasteiger partial charge >= 0.3 is 0 Å². The standard InChI is InChI=1S/C20H31N5.HI/c1-6-16-10-8-11-17(7-2)19(16)23-20(21)22-13-9-12-18-14(3)24-25(5)15(18)4;/h8,10-11H,6-7,9,12-13H2,1-5H3,(H3,21,22,23);1H. The molecule has 0 saturated carbocycles. The molecular formula is C20H32IN5. The van der Waals surface area contributed by atoms with Crippen LogP contribution >= 0.6 is 24.0 Å². The third-order valence-electron chi connectivity index (χ3n) is 4.78. The molecule has 2 aromatic rings. The quantitative estimate of drug-likeness (QED) is 0.277. The molecule has 1 aromatic heterocycles. The third-order valence-corrected chi connectivity index (χ3v) is 4.78. The summed E-state index contributed by atoms with van der Waals surface area (Å²) >= 11 is 0. The maximum atomic E-state index is 6.12. The van der Waals surface area contributed by atoms with Crippen molar-refractivity contribution in [1.82, 2.24) is 9.78 Å². The smallest absolute Gasteiger partial charge is 0.193 e. The van der Waals surface area contributed by atoms with E-state index in [2.05, 4.69) is 61.3 Å². The van der Waals surface area contributed by atoms with Gasteiger partial charge in [-0.05, 0) is 56.2 Å². The lowest BCUT2D eigenvalue weighted by Gasteiger charge is -2.14. The first kappa shape index (κ1) is 22.5. The molecule has 0 fully saturated rings. The van der Waals surface area contributed by atoms with E-state index < -0.39 is 0 Å². The molecule has 0 atom stereocenters. The second-order valence-corrected chi connectivity index (χ2v) is 6.43. The lowest BCUT2D eigenvalue weighted by molar-refractivity contribution is 0.728. The Hall–Kier alpha value is -1.57. The van der Waals surface area contributed by atoms with Crippen molar-refractivity contribution in [2.75, 3.05) is 11.9 Å². The molecule has 0 bridgehead atoms. The van der Waals surface area contributed by atoms with Gasteiger partial charge in [0.1, 0.15) is 0 Å². The van der Waals surface area contributed by atoms with Gasteiger partial charge in [-0.2, -0.15) is 5.10 Å². The number of para-hydroxylation sites is 1. The molecule has 26 heavy (non-hydrogen) atoms. The summed E-state index contributed by atoms with van der Waals surface area (Å²) in [5.41, 5.74) is 13.5. The number of nitrogens with one attached hydrogen (secondary N) is 1. The van der Waals surface area contributed by atoms with Gasteiger partial charge in [-0.25, -0.2) is 0 Å². The van der Waals surface area contributed by atoms with Gasteiger partial charge in [0.05, 0.1) is 5.69 Å². The molecular weight excluding hydrogens is 437 g/mol. The first-order valence-corrected chi connectivity index (χ1v) is 9.14. The van der Waals surface area contributed by atoms with E-state index in [1.165, 1.54) is 22.4 Å². The zero-order valence-corrected chi connectivity index (χ0v) is 18.9. The number of nitrogens with zero attached hydrogens (tertiary/aromatic N) is 3. The number of anilines is 1. The Bertz CT molecular complexity index is 727. The molecule has 0 aliphatic rings. The van der Waals surface area contributed by atoms with E-state index in [1.54, 1.807) is 0 Å². The van der Waals surface area contributed by atoms with Gasteiger partial charge in [0.25, 0.3) is 0 Å². The van der Waals surface area contributed by atoms with Crippen LogP contribution in [0.15, 0.2) is 23.2 Å². The zero-order chi connectivity index (χ0) is 18.4. The number of rotatable bonds is 7. The predicted molar refractivity (Wildman–Crippen MR) is 122 cm³/mol. The summed E-state index contributed by atoms with van der Waals surface area (Å²) < 4.78 is 1.94. The van der Waals surface area contributed by atoms with E-state index in [-0.39, 0.29) is 24.0 Å². The van der Waals surface area contributed by atoms with Crippen molar-refractivity contribution < 1.29 is 0 Å². The Kier molecular flexibility index (Phi) is 9.12. The minimum atomic E-state index is 0. The highest BCUT2D eigenvalue weighted by Crippen LogP contribution is 2.22. The summed E-state index contributed by atoms with van der Waals surface area (Å²) in [6.07, 6.45) is 3.89. The molecule has 0 amide bonds. The lowest BCUT2D eigenvalue weighted by Crippen LogP contribution is -2.24. The number of guanidine groups is 1.